The molecule has 11 heteroatoms. The molecule has 0 amide bonds. The van der Waals surface area contributed by atoms with E-state index in [4.69, 9.17) is 23.6 Å². The number of carbonyl (C=O) groups excluding carboxylic acids is 2. The summed E-state index contributed by atoms with van der Waals surface area (Å²) >= 11 is 0. The zero-order valence-electron chi connectivity index (χ0n) is 37.5. The van der Waals surface area contributed by atoms with Crippen LogP contribution in [-0.2, 0) is 32.7 Å². The van der Waals surface area contributed by atoms with E-state index < -0.39 is 51.8 Å². The molecular formula is C47H91O10P. The number of unbranched alkanes of at least 4 members (excludes halogenated alkanes) is 30. The van der Waals surface area contributed by atoms with Gasteiger partial charge in [0.25, 0.3) is 0 Å². The molecule has 1 unspecified atom stereocenters. The van der Waals surface area contributed by atoms with Crippen molar-refractivity contribution >= 4 is 19.8 Å². The molecule has 0 aromatic carbocycles. The van der Waals surface area contributed by atoms with Gasteiger partial charge in [0.15, 0.2) is 6.10 Å². The third-order valence-electron chi connectivity index (χ3n) is 10.7. The van der Waals surface area contributed by atoms with E-state index in [1.54, 1.807) is 0 Å². The van der Waals surface area contributed by atoms with Crippen molar-refractivity contribution in [3.05, 3.63) is 12.2 Å². The van der Waals surface area contributed by atoms with Crippen LogP contribution in [0.15, 0.2) is 12.2 Å². The van der Waals surface area contributed by atoms with Gasteiger partial charge in [0, 0.05) is 12.8 Å². The number of phosphoric ester groups is 1. The first-order chi connectivity index (χ1) is 28.2. The van der Waals surface area contributed by atoms with Crippen molar-refractivity contribution in [3.8, 4) is 0 Å². The summed E-state index contributed by atoms with van der Waals surface area (Å²) in [6, 6.07) is 0. The highest BCUT2D eigenvalue weighted by atomic mass is 31.2. The summed E-state index contributed by atoms with van der Waals surface area (Å²) in [5.74, 6) is -0.912. The molecule has 0 aliphatic rings. The zero-order valence-corrected chi connectivity index (χ0v) is 38.4. The zero-order chi connectivity index (χ0) is 42.6. The lowest BCUT2D eigenvalue weighted by Gasteiger charge is -2.20. The Bertz CT molecular complexity index is 977. The van der Waals surface area contributed by atoms with Crippen molar-refractivity contribution < 1.29 is 47.8 Å². The van der Waals surface area contributed by atoms with E-state index in [9.17, 15) is 24.2 Å². The minimum absolute atomic E-state index is 0.186. The van der Waals surface area contributed by atoms with Crippen molar-refractivity contribution in [2.75, 3.05) is 26.4 Å². The van der Waals surface area contributed by atoms with Gasteiger partial charge in [0.1, 0.15) is 12.7 Å². The summed E-state index contributed by atoms with van der Waals surface area (Å²) in [5, 5.41) is 18.4. The highest BCUT2D eigenvalue weighted by molar-refractivity contribution is 7.47. The van der Waals surface area contributed by atoms with Crippen LogP contribution in [0.2, 0.25) is 0 Å². The molecule has 0 saturated carbocycles. The van der Waals surface area contributed by atoms with Crippen molar-refractivity contribution in [1.29, 1.82) is 0 Å². The van der Waals surface area contributed by atoms with Crippen LogP contribution in [0.5, 0.6) is 0 Å². The van der Waals surface area contributed by atoms with Gasteiger partial charge in [0.2, 0.25) is 0 Å². The predicted molar refractivity (Wildman–Crippen MR) is 238 cm³/mol. The third kappa shape index (κ3) is 42.8. The number of carbonyl (C=O) groups is 2. The first-order valence-corrected chi connectivity index (χ1v) is 25.6. The Morgan fingerprint density at radius 3 is 1.26 bits per heavy atom. The third-order valence-corrected chi connectivity index (χ3v) is 11.6. The molecule has 0 bridgehead atoms. The molecule has 0 fully saturated rings. The number of hydrogen-bond acceptors (Lipinski definition) is 9. The number of hydrogen-bond donors (Lipinski definition) is 3. The number of phosphoric acid groups is 1. The van der Waals surface area contributed by atoms with Gasteiger partial charge in [-0.1, -0.05) is 199 Å². The molecule has 0 radical (unpaired) electrons. The summed E-state index contributed by atoms with van der Waals surface area (Å²) < 4.78 is 32.8. The lowest BCUT2D eigenvalue weighted by atomic mass is 10.0. The maximum absolute atomic E-state index is 12.6. The topological polar surface area (TPSA) is 149 Å². The number of aliphatic hydroxyl groups is 2. The molecule has 0 saturated heterocycles. The minimum atomic E-state index is -4.62. The average molecular weight is 847 g/mol. The van der Waals surface area contributed by atoms with Crippen LogP contribution >= 0.6 is 7.82 Å². The van der Waals surface area contributed by atoms with Crippen LogP contribution in [0.4, 0.5) is 0 Å². The van der Waals surface area contributed by atoms with Crippen LogP contribution in [0, 0.1) is 0 Å². The second-order valence-electron chi connectivity index (χ2n) is 16.5. The van der Waals surface area contributed by atoms with Crippen LogP contribution in [0.3, 0.4) is 0 Å². The molecule has 0 rings (SSSR count). The SMILES string of the molecule is CCCCCC/C=C/CCCCCCCCCCCC(=O)O[C@H](COC(=O)CCCCCCCCCCCCCCCCCCCC)COP(=O)(O)OC[C@@H](O)CO. The second kappa shape index (κ2) is 43.8. The second-order valence-corrected chi connectivity index (χ2v) is 17.9. The molecule has 344 valence electrons. The molecule has 0 heterocycles. The van der Waals surface area contributed by atoms with E-state index >= 15 is 0 Å². The Balaban J connectivity index is 4.19. The summed E-state index contributed by atoms with van der Waals surface area (Å²) in [6.07, 6.45) is 43.1. The summed E-state index contributed by atoms with van der Waals surface area (Å²) in [5.41, 5.74) is 0. The summed E-state index contributed by atoms with van der Waals surface area (Å²) in [4.78, 5) is 35.1. The normalized spacial score (nSPS) is 13.8. The van der Waals surface area contributed by atoms with E-state index in [0.717, 1.165) is 32.1 Å². The molecule has 0 aromatic heterocycles. The number of allylic oxidation sites excluding steroid dienone is 2. The largest absolute Gasteiger partial charge is 0.472 e. The Kier molecular flexibility index (Phi) is 42.8. The monoisotopic (exact) mass is 847 g/mol. The lowest BCUT2D eigenvalue weighted by molar-refractivity contribution is -0.161. The van der Waals surface area contributed by atoms with Crippen molar-refractivity contribution in [2.24, 2.45) is 0 Å². The number of esters is 2. The Labute approximate surface area is 356 Å². The van der Waals surface area contributed by atoms with Gasteiger partial charge in [-0.05, 0) is 38.5 Å². The Morgan fingerprint density at radius 1 is 0.500 bits per heavy atom. The molecule has 0 aromatic rings. The van der Waals surface area contributed by atoms with E-state index in [2.05, 4.69) is 26.0 Å². The average Bonchev–Trinajstić information content (AvgIpc) is 3.21. The van der Waals surface area contributed by atoms with Gasteiger partial charge in [-0.25, -0.2) is 4.57 Å². The van der Waals surface area contributed by atoms with E-state index in [1.807, 2.05) is 0 Å². The smallest absolute Gasteiger partial charge is 0.462 e. The van der Waals surface area contributed by atoms with Crippen LogP contribution in [-0.4, -0.2) is 65.7 Å². The van der Waals surface area contributed by atoms with Crippen molar-refractivity contribution in [1.82, 2.24) is 0 Å². The summed E-state index contributed by atoms with van der Waals surface area (Å²) in [7, 11) is -4.62. The fraction of sp³-hybridized carbons (Fsp3) is 0.915. The van der Waals surface area contributed by atoms with E-state index in [-0.39, 0.29) is 19.4 Å². The minimum Gasteiger partial charge on any atom is -0.462 e. The fourth-order valence-corrected chi connectivity index (χ4v) is 7.72. The van der Waals surface area contributed by atoms with Gasteiger partial charge in [-0.15, -0.1) is 0 Å². The Hall–Kier alpha value is -1.29. The fourth-order valence-electron chi connectivity index (χ4n) is 6.93. The lowest BCUT2D eigenvalue weighted by Crippen LogP contribution is -2.29. The molecular weight excluding hydrogens is 755 g/mol. The first-order valence-electron chi connectivity index (χ1n) is 24.1. The number of ether oxygens (including phenoxy) is 2. The van der Waals surface area contributed by atoms with Gasteiger partial charge in [-0.2, -0.15) is 0 Å². The summed E-state index contributed by atoms with van der Waals surface area (Å²) in [6.45, 7) is 2.41. The predicted octanol–water partition coefficient (Wildman–Crippen LogP) is 13.2. The molecule has 0 aliphatic carbocycles. The molecule has 3 N–H and O–H groups in total. The molecule has 58 heavy (non-hydrogen) atoms. The Morgan fingerprint density at radius 2 is 0.845 bits per heavy atom. The van der Waals surface area contributed by atoms with Crippen molar-refractivity contribution in [3.63, 3.8) is 0 Å². The first kappa shape index (κ1) is 56.7. The quantitative estimate of drug-likeness (QED) is 0.0234. The maximum atomic E-state index is 12.6. The standard InChI is InChI=1S/C47H91O10P/c1-3-5-7-9-11-13-15-17-19-21-23-24-26-28-30-32-34-36-38-46(50)54-42-45(43-56-58(52,53)55-41-44(49)40-48)57-47(51)39-37-35-33-31-29-27-25-22-20-18-16-14-12-10-8-6-4-2/h14,16,44-45,48-49H,3-13,15,17-43H2,1-2H3,(H,52,53)/b16-14+/t44-,45+/m0/s1. The van der Waals surface area contributed by atoms with E-state index in [0.29, 0.717) is 12.8 Å². The van der Waals surface area contributed by atoms with Crippen molar-refractivity contribution in [2.45, 2.75) is 251 Å². The van der Waals surface area contributed by atoms with E-state index in [1.165, 1.54) is 167 Å². The van der Waals surface area contributed by atoms with Gasteiger partial charge < -0.3 is 24.6 Å². The maximum Gasteiger partial charge on any atom is 0.472 e. The number of rotatable bonds is 46. The number of aliphatic hydroxyl groups excluding tert-OH is 2. The molecule has 3 atom stereocenters. The van der Waals surface area contributed by atoms with Crippen LogP contribution in [0.25, 0.3) is 0 Å². The van der Waals surface area contributed by atoms with Crippen LogP contribution in [0.1, 0.15) is 239 Å². The van der Waals surface area contributed by atoms with Gasteiger partial charge in [-0.3, -0.25) is 18.6 Å². The van der Waals surface area contributed by atoms with Crippen LogP contribution < -0.4 is 0 Å². The molecule has 0 spiro atoms. The van der Waals surface area contributed by atoms with Gasteiger partial charge >= 0.3 is 19.8 Å². The van der Waals surface area contributed by atoms with Gasteiger partial charge in [0.05, 0.1) is 19.8 Å². The highest BCUT2D eigenvalue weighted by Gasteiger charge is 2.27. The highest BCUT2D eigenvalue weighted by Crippen LogP contribution is 2.43. The molecule has 0 aliphatic heterocycles. The molecule has 10 nitrogen and oxygen atoms in total.